The molecule has 0 saturated heterocycles. The molecule has 0 aromatic heterocycles. The molecule has 0 unspecified atom stereocenters. The van der Waals surface area contributed by atoms with Crippen LogP contribution in [0.3, 0.4) is 0 Å². The summed E-state index contributed by atoms with van der Waals surface area (Å²) in [5, 5.41) is 1.52. The van der Waals surface area contributed by atoms with Gasteiger partial charge in [0.1, 0.15) is 0 Å². The van der Waals surface area contributed by atoms with Crippen LogP contribution in [0.15, 0.2) is 48.5 Å². The van der Waals surface area contributed by atoms with Crippen molar-refractivity contribution < 1.29 is 0 Å². The number of hydrogen-bond acceptors (Lipinski definition) is 0. The third kappa shape index (κ3) is 3.40. The summed E-state index contributed by atoms with van der Waals surface area (Å²) in [7, 11) is -1.19. The average Bonchev–Trinajstić information content (AvgIpc) is 2.37. The van der Waals surface area contributed by atoms with Crippen molar-refractivity contribution >= 4 is 13.3 Å². The molecule has 0 radical (unpaired) electrons. The first-order valence-electron chi connectivity index (χ1n) is 7.39. The van der Waals surface area contributed by atoms with Gasteiger partial charge in [-0.2, -0.15) is 0 Å². The standard InChI is InChI=1S/C19H26Si/c1-19(2,3)17-11-7-15(8-12-17)16-9-13-18(14-10-16)20(4,5)6/h7-14H,1-6H3. The van der Waals surface area contributed by atoms with Crippen molar-refractivity contribution in [1.82, 2.24) is 0 Å². The lowest BCUT2D eigenvalue weighted by molar-refractivity contribution is 0.590. The van der Waals surface area contributed by atoms with Crippen LogP contribution in [0.25, 0.3) is 11.1 Å². The quantitative estimate of drug-likeness (QED) is 0.664. The van der Waals surface area contributed by atoms with E-state index in [2.05, 4.69) is 88.9 Å². The van der Waals surface area contributed by atoms with Gasteiger partial charge in [0.2, 0.25) is 0 Å². The van der Waals surface area contributed by atoms with E-state index in [-0.39, 0.29) is 5.41 Å². The van der Waals surface area contributed by atoms with E-state index < -0.39 is 8.07 Å². The molecule has 0 N–H and O–H groups in total. The van der Waals surface area contributed by atoms with Gasteiger partial charge in [0.25, 0.3) is 0 Å². The average molecular weight is 283 g/mol. The molecule has 0 aliphatic heterocycles. The molecule has 0 atom stereocenters. The van der Waals surface area contributed by atoms with Crippen LogP contribution in [0.1, 0.15) is 26.3 Å². The maximum Gasteiger partial charge on any atom is 0.0775 e. The van der Waals surface area contributed by atoms with Gasteiger partial charge in [-0.25, -0.2) is 0 Å². The van der Waals surface area contributed by atoms with E-state index in [0.717, 1.165) is 0 Å². The Bertz CT molecular complexity index is 508. The van der Waals surface area contributed by atoms with E-state index in [1.54, 1.807) is 0 Å². The fraction of sp³-hybridized carbons (Fsp3) is 0.368. The van der Waals surface area contributed by atoms with Crippen LogP contribution in [0.2, 0.25) is 19.6 Å². The summed E-state index contributed by atoms with van der Waals surface area (Å²) < 4.78 is 0. The summed E-state index contributed by atoms with van der Waals surface area (Å²) in [5.41, 5.74) is 4.23. The first kappa shape index (κ1) is 15.1. The van der Waals surface area contributed by atoms with Crippen molar-refractivity contribution in [2.24, 2.45) is 0 Å². The molecular weight excluding hydrogens is 256 g/mol. The van der Waals surface area contributed by atoms with Crippen LogP contribution in [0.5, 0.6) is 0 Å². The van der Waals surface area contributed by atoms with Crippen molar-refractivity contribution in [3.8, 4) is 11.1 Å². The fourth-order valence-electron chi connectivity index (χ4n) is 2.33. The smallest absolute Gasteiger partial charge is 0.0656 e. The van der Waals surface area contributed by atoms with E-state index in [0.29, 0.717) is 0 Å². The monoisotopic (exact) mass is 282 g/mol. The van der Waals surface area contributed by atoms with Gasteiger partial charge in [0.15, 0.2) is 0 Å². The summed E-state index contributed by atoms with van der Waals surface area (Å²) in [6, 6.07) is 18.1. The Morgan fingerprint density at radius 2 is 1.05 bits per heavy atom. The first-order chi connectivity index (χ1) is 9.18. The predicted molar refractivity (Wildman–Crippen MR) is 93.6 cm³/mol. The van der Waals surface area contributed by atoms with Gasteiger partial charge >= 0.3 is 0 Å². The maximum atomic E-state index is 2.39. The SMILES string of the molecule is CC(C)(C)c1ccc(-c2ccc([Si](C)(C)C)cc2)cc1. The molecule has 0 spiro atoms. The van der Waals surface area contributed by atoms with E-state index in [9.17, 15) is 0 Å². The van der Waals surface area contributed by atoms with Crippen LogP contribution >= 0.6 is 0 Å². The Kier molecular flexibility index (Phi) is 3.92. The number of benzene rings is 2. The molecule has 0 fully saturated rings. The molecule has 2 rings (SSSR count). The zero-order chi connectivity index (χ0) is 15.0. The zero-order valence-electron chi connectivity index (χ0n) is 13.6. The zero-order valence-corrected chi connectivity index (χ0v) is 14.6. The van der Waals surface area contributed by atoms with Crippen LogP contribution in [0, 0.1) is 0 Å². The Morgan fingerprint density at radius 3 is 1.40 bits per heavy atom. The summed E-state index contributed by atoms with van der Waals surface area (Å²) in [6.45, 7) is 13.9. The van der Waals surface area contributed by atoms with Crippen molar-refractivity contribution in [2.45, 2.75) is 45.8 Å². The number of hydrogen-bond donors (Lipinski definition) is 0. The normalized spacial score (nSPS) is 12.5. The summed E-state index contributed by atoms with van der Waals surface area (Å²) >= 11 is 0. The number of rotatable bonds is 2. The highest BCUT2D eigenvalue weighted by Gasteiger charge is 2.16. The minimum absolute atomic E-state index is 0.222. The Labute approximate surface area is 124 Å². The third-order valence-electron chi connectivity index (χ3n) is 3.84. The van der Waals surface area contributed by atoms with Crippen molar-refractivity contribution in [3.05, 3.63) is 54.1 Å². The fourth-order valence-corrected chi connectivity index (χ4v) is 3.49. The lowest BCUT2D eigenvalue weighted by atomic mass is 9.86. The van der Waals surface area contributed by atoms with Gasteiger partial charge in [-0.05, 0) is 22.1 Å². The molecule has 1 heteroatoms. The maximum absolute atomic E-state index is 2.39. The first-order valence-corrected chi connectivity index (χ1v) is 10.9. The van der Waals surface area contributed by atoms with Crippen molar-refractivity contribution in [2.75, 3.05) is 0 Å². The van der Waals surface area contributed by atoms with Crippen LogP contribution in [0.4, 0.5) is 0 Å². The molecule has 0 heterocycles. The van der Waals surface area contributed by atoms with Gasteiger partial charge in [-0.3, -0.25) is 0 Å². The van der Waals surface area contributed by atoms with Crippen LogP contribution in [-0.2, 0) is 5.41 Å². The van der Waals surface area contributed by atoms with Gasteiger partial charge in [0, 0.05) is 0 Å². The predicted octanol–water partition coefficient (Wildman–Crippen LogP) is 5.20. The Hall–Kier alpha value is -1.34. The third-order valence-corrected chi connectivity index (χ3v) is 5.90. The summed E-state index contributed by atoms with van der Waals surface area (Å²) in [6.07, 6.45) is 0. The topological polar surface area (TPSA) is 0 Å². The lowest BCUT2D eigenvalue weighted by Crippen LogP contribution is -2.37. The minimum Gasteiger partial charge on any atom is -0.0656 e. The second-order valence-corrected chi connectivity index (χ2v) is 12.7. The van der Waals surface area contributed by atoms with Gasteiger partial charge < -0.3 is 0 Å². The van der Waals surface area contributed by atoms with E-state index in [4.69, 9.17) is 0 Å². The van der Waals surface area contributed by atoms with E-state index >= 15 is 0 Å². The molecule has 20 heavy (non-hydrogen) atoms. The molecule has 0 aliphatic rings. The Balaban J connectivity index is 2.29. The van der Waals surface area contributed by atoms with E-state index in [1.807, 2.05) is 0 Å². The van der Waals surface area contributed by atoms with Crippen molar-refractivity contribution in [3.63, 3.8) is 0 Å². The van der Waals surface area contributed by atoms with Crippen molar-refractivity contribution in [1.29, 1.82) is 0 Å². The minimum atomic E-state index is -1.19. The van der Waals surface area contributed by atoms with Gasteiger partial charge in [-0.1, -0.05) is 94.1 Å². The van der Waals surface area contributed by atoms with E-state index in [1.165, 1.54) is 21.9 Å². The van der Waals surface area contributed by atoms with Crippen LogP contribution < -0.4 is 5.19 Å². The molecule has 0 saturated carbocycles. The van der Waals surface area contributed by atoms with Gasteiger partial charge in [0.05, 0.1) is 8.07 Å². The lowest BCUT2D eigenvalue weighted by Gasteiger charge is -2.19. The highest BCUT2D eigenvalue weighted by molar-refractivity contribution is 6.88. The largest absolute Gasteiger partial charge is 0.0775 e. The molecule has 0 bridgehead atoms. The Morgan fingerprint density at radius 1 is 0.650 bits per heavy atom. The summed E-state index contributed by atoms with van der Waals surface area (Å²) in [5.74, 6) is 0. The molecular formula is C19H26Si. The van der Waals surface area contributed by atoms with Crippen LogP contribution in [-0.4, -0.2) is 8.07 Å². The molecule has 0 amide bonds. The second-order valence-electron chi connectivity index (χ2n) is 7.65. The molecule has 106 valence electrons. The highest BCUT2D eigenvalue weighted by Crippen LogP contribution is 2.26. The molecule has 2 aromatic carbocycles. The molecule has 0 aliphatic carbocycles. The van der Waals surface area contributed by atoms with Gasteiger partial charge in [-0.15, -0.1) is 0 Å². The molecule has 0 nitrogen and oxygen atoms in total. The molecule has 2 aromatic rings. The second kappa shape index (κ2) is 5.21. The highest BCUT2D eigenvalue weighted by atomic mass is 28.3. The summed E-state index contributed by atoms with van der Waals surface area (Å²) in [4.78, 5) is 0.